The first-order valence-electron chi connectivity index (χ1n) is 4.81. The van der Waals surface area contributed by atoms with Crippen LogP contribution in [0.4, 0.5) is 0 Å². The molecule has 4 N–H and O–H groups in total. The Morgan fingerprint density at radius 1 is 1.38 bits per heavy atom. The number of benzene rings is 1. The zero-order chi connectivity index (χ0) is 12.2. The van der Waals surface area contributed by atoms with Crippen LogP contribution in [0.2, 0.25) is 0 Å². The van der Waals surface area contributed by atoms with Crippen LogP contribution in [-0.2, 0) is 4.84 Å². The highest BCUT2D eigenvalue weighted by molar-refractivity contribution is 5.90. The lowest BCUT2D eigenvalue weighted by Gasteiger charge is -2.23. The Bertz CT molecular complexity index is 387. The van der Waals surface area contributed by atoms with Crippen LogP contribution in [-0.4, -0.2) is 17.3 Å². The molecule has 0 aliphatic carbocycles. The molecule has 0 aliphatic rings. The van der Waals surface area contributed by atoms with Gasteiger partial charge in [-0.3, -0.25) is 5.41 Å². The van der Waals surface area contributed by atoms with E-state index in [4.69, 9.17) is 16.0 Å². The monoisotopic (exact) mass is 221 g/mol. The van der Waals surface area contributed by atoms with E-state index >= 15 is 0 Å². The van der Waals surface area contributed by atoms with E-state index in [1.54, 1.807) is 38.1 Å². The summed E-state index contributed by atoms with van der Waals surface area (Å²) < 4.78 is 0. The third-order valence-corrected chi connectivity index (χ3v) is 2.08. The highest BCUT2D eigenvalue weighted by Crippen LogP contribution is 2.04. The van der Waals surface area contributed by atoms with Crippen molar-refractivity contribution < 1.29 is 9.63 Å². The average Bonchev–Trinajstić information content (AvgIpc) is 2.27. The van der Waals surface area contributed by atoms with Crippen LogP contribution in [0, 0.1) is 5.41 Å². The Labute approximate surface area is 94.1 Å². The number of rotatable bonds is 4. The van der Waals surface area contributed by atoms with E-state index < -0.39 is 11.5 Å². The quantitative estimate of drug-likeness (QED) is 0.403. The molecule has 0 aromatic heterocycles. The Kier molecular flexibility index (Phi) is 3.63. The standard InChI is InChI=1S/C11H15N3O2/c1-11(2,10(12)13)14-16-9(15)8-6-4-3-5-7-8/h3-7,14H,1-2H3,(H3,12,13). The van der Waals surface area contributed by atoms with Gasteiger partial charge in [0, 0.05) is 0 Å². The molecular formula is C11H15N3O2. The van der Waals surface area contributed by atoms with Crippen molar-refractivity contribution in [1.82, 2.24) is 5.48 Å². The second-order valence-electron chi connectivity index (χ2n) is 3.90. The number of hydroxylamine groups is 1. The van der Waals surface area contributed by atoms with Gasteiger partial charge in [0.15, 0.2) is 0 Å². The van der Waals surface area contributed by atoms with Gasteiger partial charge in [-0.1, -0.05) is 18.2 Å². The van der Waals surface area contributed by atoms with Crippen molar-refractivity contribution in [3.05, 3.63) is 35.9 Å². The molecule has 1 aromatic carbocycles. The van der Waals surface area contributed by atoms with Crippen molar-refractivity contribution in [2.24, 2.45) is 5.73 Å². The number of nitrogens with two attached hydrogens (primary N) is 1. The van der Waals surface area contributed by atoms with Crippen LogP contribution in [0.5, 0.6) is 0 Å². The van der Waals surface area contributed by atoms with Gasteiger partial charge < -0.3 is 10.6 Å². The van der Waals surface area contributed by atoms with Gasteiger partial charge >= 0.3 is 5.97 Å². The molecule has 16 heavy (non-hydrogen) atoms. The van der Waals surface area contributed by atoms with Gasteiger partial charge in [-0.15, -0.1) is 5.48 Å². The molecule has 86 valence electrons. The molecule has 1 aromatic rings. The number of nitrogens with one attached hydrogen (secondary N) is 2. The van der Waals surface area contributed by atoms with Gasteiger partial charge in [-0.05, 0) is 26.0 Å². The molecule has 0 saturated carbocycles. The molecule has 0 aliphatic heterocycles. The second kappa shape index (κ2) is 4.76. The van der Waals surface area contributed by atoms with Gasteiger partial charge in [0.1, 0.15) is 11.4 Å². The number of hydrogen-bond acceptors (Lipinski definition) is 4. The lowest BCUT2D eigenvalue weighted by atomic mass is 10.1. The molecule has 0 heterocycles. The van der Waals surface area contributed by atoms with Gasteiger partial charge in [-0.25, -0.2) is 4.79 Å². The summed E-state index contributed by atoms with van der Waals surface area (Å²) in [6.07, 6.45) is 0. The molecule has 0 saturated heterocycles. The number of carbonyl (C=O) groups is 1. The molecule has 0 radical (unpaired) electrons. The van der Waals surface area contributed by atoms with Crippen molar-refractivity contribution >= 4 is 11.8 Å². The van der Waals surface area contributed by atoms with Crippen LogP contribution < -0.4 is 11.2 Å². The third kappa shape index (κ3) is 3.06. The SMILES string of the molecule is CC(C)(NOC(=O)c1ccccc1)C(=N)N. The highest BCUT2D eigenvalue weighted by Gasteiger charge is 2.23. The van der Waals surface area contributed by atoms with Gasteiger partial charge in [0.2, 0.25) is 0 Å². The first-order valence-corrected chi connectivity index (χ1v) is 4.81. The van der Waals surface area contributed by atoms with Crippen molar-refractivity contribution in [3.8, 4) is 0 Å². The van der Waals surface area contributed by atoms with E-state index in [1.807, 2.05) is 6.07 Å². The molecule has 0 amide bonds. The van der Waals surface area contributed by atoms with Gasteiger partial charge in [0.25, 0.3) is 0 Å². The second-order valence-corrected chi connectivity index (χ2v) is 3.90. The Morgan fingerprint density at radius 3 is 2.44 bits per heavy atom. The van der Waals surface area contributed by atoms with Crippen molar-refractivity contribution in [1.29, 1.82) is 5.41 Å². The van der Waals surface area contributed by atoms with E-state index in [9.17, 15) is 4.79 Å². The third-order valence-electron chi connectivity index (χ3n) is 2.08. The summed E-state index contributed by atoms with van der Waals surface area (Å²) in [5, 5.41) is 7.27. The minimum absolute atomic E-state index is 0.103. The molecule has 5 heteroatoms. The number of carbonyl (C=O) groups excluding carboxylic acids is 1. The van der Waals surface area contributed by atoms with E-state index in [0.29, 0.717) is 5.56 Å². The zero-order valence-electron chi connectivity index (χ0n) is 9.28. The average molecular weight is 221 g/mol. The van der Waals surface area contributed by atoms with Crippen LogP contribution in [0.25, 0.3) is 0 Å². The molecule has 0 unspecified atom stereocenters. The van der Waals surface area contributed by atoms with Gasteiger partial charge in [0.05, 0.1) is 5.56 Å². The summed E-state index contributed by atoms with van der Waals surface area (Å²) >= 11 is 0. The van der Waals surface area contributed by atoms with Gasteiger partial charge in [-0.2, -0.15) is 0 Å². The largest absolute Gasteiger partial charge is 0.386 e. The first-order chi connectivity index (χ1) is 7.43. The van der Waals surface area contributed by atoms with E-state index in [2.05, 4.69) is 5.48 Å². The van der Waals surface area contributed by atoms with E-state index in [1.165, 1.54) is 0 Å². The van der Waals surface area contributed by atoms with Crippen LogP contribution >= 0.6 is 0 Å². The van der Waals surface area contributed by atoms with E-state index in [0.717, 1.165) is 0 Å². The summed E-state index contributed by atoms with van der Waals surface area (Å²) in [6, 6.07) is 8.58. The molecule has 1 rings (SSSR count). The van der Waals surface area contributed by atoms with Crippen molar-refractivity contribution in [2.45, 2.75) is 19.4 Å². The predicted octanol–water partition coefficient (Wildman–Crippen LogP) is 1.06. The smallest absolute Gasteiger partial charge is 0.356 e. The molecular weight excluding hydrogens is 206 g/mol. The normalized spacial score (nSPS) is 10.9. The lowest BCUT2D eigenvalue weighted by Crippen LogP contribution is -2.50. The maximum Gasteiger partial charge on any atom is 0.356 e. The Balaban J connectivity index is 2.58. The maximum absolute atomic E-state index is 11.5. The zero-order valence-corrected chi connectivity index (χ0v) is 9.28. The van der Waals surface area contributed by atoms with Crippen molar-refractivity contribution in [3.63, 3.8) is 0 Å². The fourth-order valence-corrected chi connectivity index (χ4v) is 0.862. The topological polar surface area (TPSA) is 88.2 Å². The summed E-state index contributed by atoms with van der Waals surface area (Å²) in [7, 11) is 0. The molecule has 0 fully saturated rings. The Morgan fingerprint density at radius 2 is 1.94 bits per heavy atom. The summed E-state index contributed by atoms with van der Waals surface area (Å²) in [4.78, 5) is 16.4. The Hall–Kier alpha value is -1.88. The maximum atomic E-state index is 11.5. The van der Waals surface area contributed by atoms with Crippen LogP contribution in [0.1, 0.15) is 24.2 Å². The molecule has 0 atom stereocenters. The molecule has 0 spiro atoms. The van der Waals surface area contributed by atoms with Crippen LogP contribution in [0.3, 0.4) is 0 Å². The van der Waals surface area contributed by atoms with Crippen LogP contribution in [0.15, 0.2) is 30.3 Å². The predicted molar refractivity (Wildman–Crippen MR) is 61.0 cm³/mol. The first kappa shape index (κ1) is 12.2. The minimum atomic E-state index is -0.871. The summed E-state index contributed by atoms with van der Waals surface area (Å²) in [5.41, 5.74) is 7.35. The summed E-state index contributed by atoms with van der Waals surface area (Å²) in [6.45, 7) is 3.29. The fraction of sp³-hybridized carbons (Fsp3) is 0.273. The van der Waals surface area contributed by atoms with Crippen molar-refractivity contribution in [2.75, 3.05) is 0 Å². The number of amidine groups is 1. The summed E-state index contributed by atoms with van der Waals surface area (Å²) in [5.74, 6) is -0.608. The number of hydrogen-bond donors (Lipinski definition) is 3. The fourth-order valence-electron chi connectivity index (χ4n) is 0.862. The molecule has 0 bridgehead atoms. The van der Waals surface area contributed by atoms with E-state index in [-0.39, 0.29) is 5.84 Å². The highest BCUT2D eigenvalue weighted by atomic mass is 16.7. The molecule has 5 nitrogen and oxygen atoms in total. The lowest BCUT2D eigenvalue weighted by molar-refractivity contribution is 0.0118. The minimum Gasteiger partial charge on any atom is -0.386 e.